The number of hydrogen-bond donors (Lipinski definition) is 0. The van der Waals surface area contributed by atoms with Crippen LogP contribution in [-0.2, 0) is 0 Å². The van der Waals surface area contributed by atoms with Crippen LogP contribution in [-0.4, -0.2) is 0 Å². The standard InChI is InChI=1S/C9H7Cl3/c1-6(9(11)12)7-2-4-8(10)5-3-7/h2-5H,1H3. The average molecular weight is 222 g/mol. The van der Waals surface area contributed by atoms with Gasteiger partial charge in [-0.25, -0.2) is 0 Å². The van der Waals surface area contributed by atoms with Gasteiger partial charge in [0.15, 0.2) is 0 Å². The molecule has 0 radical (unpaired) electrons. The first-order valence-electron chi connectivity index (χ1n) is 3.39. The Kier molecular flexibility index (Phi) is 3.45. The van der Waals surface area contributed by atoms with Crippen LogP contribution in [0.2, 0.25) is 5.02 Å². The highest BCUT2D eigenvalue weighted by molar-refractivity contribution is 6.58. The summed E-state index contributed by atoms with van der Waals surface area (Å²) < 4.78 is 0.289. The SMILES string of the molecule is CC(=C(Cl)Cl)c1ccc(Cl)cc1. The molecule has 1 rings (SSSR count). The molecule has 0 nitrogen and oxygen atoms in total. The van der Waals surface area contributed by atoms with Gasteiger partial charge in [-0.3, -0.25) is 0 Å². The fourth-order valence-electron chi connectivity index (χ4n) is 0.809. The van der Waals surface area contributed by atoms with Gasteiger partial charge in [0.1, 0.15) is 4.49 Å². The Labute approximate surface area is 86.7 Å². The van der Waals surface area contributed by atoms with E-state index in [0.29, 0.717) is 5.02 Å². The lowest BCUT2D eigenvalue weighted by Gasteiger charge is -2.00. The smallest absolute Gasteiger partial charge is 0.0843 e. The number of allylic oxidation sites excluding steroid dienone is 1. The lowest BCUT2D eigenvalue weighted by atomic mass is 10.1. The first-order chi connectivity index (χ1) is 5.61. The fraction of sp³-hybridized carbons (Fsp3) is 0.111. The molecular weight excluding hydrogens is 214 g/mol. The number of hydrogen-bond acceptors (Lipinski definition) is 0. The van der Waals surface area contributed by atoms with Crippen LogP contribution < -0.4 is 0 Å². The van der Waals surface area contributed by atoms with Crippen molar-refractivity contribution in [3.8, 4) is 0 Å². The molecule has 64 valence electrons. The molecule has 0 atom stereocenters. The summed E-state index contributed by atoms with van der Waals surface area (Å²) in [5.41, 5.74) is 1.84. The molecular formula is C9H7Cl3. The molecule has 0 aromatic heterocycles. The van der Waals surface area contributed by atoms with E-state index in [1.54, 1.807) is 12.1 Å². The van der Waals surface area contributed by atoms with E-state index in [2.05, 4.69) is 0 Å². The van der Waals surface area contributed by atoms with Gasteiger partial charge in [-0.15, -0.1) is 0 Å². The molecule has 0 heterocycles. The topological polar surface area (TPSA) is 0 Å². The maximum atomic E-state index is 5.71. The van der Waals surface area contributed by atoms with Gasteiger partial charge in [-0.05, 0) is 30.2 Å². The zero-order valence-corrected chi connectivity index (χ0v) is 8.71. The molecule has 0 unspecified atom stereocenters. The summed E-state index contributed by atoms with van der Waals surface area (Å²) in [7, 11) is 0. The van der Waals surface area contributed by atoms with Gasteiger partial charge in [0.2, 0.25) is 0 Å². The zero-order valence-electron chi connectivity index (χ0n) is 6.44. The summed E-state index contributed by atoms with van der Waals surface area (Å²) in [4.78, 5) is 0. The van der Waals surface area contributed by atoms with E-state index in [9.17, 15) is 0 Å². The molecule has 0 N–H and O–H groups in total. The Bertz CT molecular complexity index is 294. The molecule has 0 amide bonds. The normalized spacial score (nSPS) is 9.67. The fourth-order valence-corrected chi connectivity index (χ4v) is 1.15. The molecule has 0 spiro atoms. The summed E-state index contributed by atoms with van der Waals surface area (Å²) in [5, 5.41) is 0.706. The molecule has 0 aliphatic heterocycles. The van der Waals surface area contributed by atoms with Crippen molar-refractivity contribution in [1.82, 2.24) is 0 Å². The Morgan fingerprint density at radius 3 is 2.00 bits per heavy atom. The van der Waals surface area contributed by atoms with Crippen LogP contribution >= 0.6 is 34.8 Å². The van der Waals surface area contributed by atoms with Gasteiger partial charge in [-0.1, -0.05) is 46.9 Å². The highest BCUT2D eigenvalue weighted by Crippen LogP contribution is 2.24. The molecule has 0 aliphatic rings. The van der Waals surface area contributed by atoms with Crippen LogP contribution in [0.5, 0.6) is 0 Å². The van der Waals surface area contributed by atoms with Gasteiger partial charge in [0, 0.05) is 5.02 Å². The summed E-state index contributed by atoms with van der Waals surface area (Å²) in [6.07, 6.45) is 0. The van der Waals surface area contributed by atoms with Gasteiger partial charge < -0.3 is 0 Å². The predicted molar refractivity (Wildman–Crippen MR) is 55.8 cm³/mol. The average Bonchev–Trinajstić information content (AvgIpc) is 2.04. The van der Waals surface area contributed by atoms with Crippen molar-refractivity contribution < 1.29 is 0 Å². The molecule has 0 saturated heterocycles. The van der Waals surface area contributed by atoms with Crippen LogP contribution in [0.15, 0.2) is 28.8 Å². The lowest BCUT2D eigenvalue weighted by Crippen LogP contribution is -1.78. The maximum absolute atomic E-state index is 5.71. The van der Waals surface area contributed by atoms with E-state index in [0.717, 1.165) is 11.1 Å². The van der Waals surface area contributed by atoms with Crippen LogP contribution in [0.1, 0.15) is 12.5 Å². The monoisotopic (exact) mass is 220 g/mol. The minimum absolute atomic E-state index is 0.289. The third-order valence-corrected chi connectivity index (χ3v) is 2.38. The van der Waals surface area contributed by atoms with Crippen molar-refractivity contribution in [3.05, 3.63) is 39.3 Å². The first kappa shape index (κ1) is 9.91. The number of benzene rings is 1. The highest BCUT2D eigenvalue weighted by Gasteiger charge is 1.99. The van der Waals surface area contributed by atoms with Crippen molar-refractivity contribution in [2.45, 2.75) is 6.92 Å². The summed E-state index contributed by atoms with van der Waals surface area (Å²) in [6.45, 7) is 1.86. The minimum Gasteiger partial charge on any atom is -0.0843 e. The Morgan fingerprint density at radius 1 is 1.08 bits per heavy atom. The van der Waals surface area contributed by atoms with Gasteiger partial charge in [-0.2, -0.15) is 0 Å². The summed E-state index contributed by atoms with van der Waals surface area (Å²) in [6, 6.07) is 7.36. The molecule has 0 fully saturated rings. The van der Waals surface area contributed by atoms with Gasteiger partial charge >= 0.3 is 0 Å². The zero-order chi connectivity index (χ0) is 9.14. The van der Waals surface area contributed by atoms with Crippen LogP contribution in [0.25, 0.3) is 5.57 Å². The van der Waals surface area contributed by atoms with E-state index in [1.165, 1.54) is 0 Å². The van der Waals surface area contributed by atoms with E-state index in [-0.39, 0.29) is 4.49 Å². The summed E-state index contributed by atoms with van der Waals surface area (Å²) in [5.74, 6) is 0. The molecule has 12 heavy (non-hydrogen) atoms. The maximum Gasteiger partial charge on any atom is 0.110 e. The van der Waals surface area contributed by atoms with Gasteiger partial charge in [0.05, 0.1) is 0 Å². The van der Waals surface area contributed by atoms with Crippen LogP contribution in [0, 0.1) is 0 Å². The van der Waals surface area contributed by atoms with E-state index < -0.39 is 0 Å². The van der Waals surface area contributed by atoms with Gasteiger partial charge in [0.25, 0.3) is 0 Å². The molecule has 0 bridgehead atoms. The Morgan fingerprint density at radius 2 is 1.58 bits per heavy atom. The minimum atomic E-state index is 0.289. The second-order valence-electron chi connectivity index (χ2n) is 2.39. The molecule has 0 aliphatic carbocycles. The molecule has 3 heteroatoms. The van der Waals surface area contributed by atoms with Crippen molar-refractivity contribution in [2.24, 2.45) is 0 Å². The third kappa shape index (κ3) is 2.41. The largest absolute Gasteiger partial charge is 0.110 e. The van der Waals surface area contributed by atoms with Crippen LogP contribution in [0.3, 0.4) is 0 Å². The van der Waals surface area contributed by atoms with Crippen LogP contribution in [0.4, 0.5) is 0 Å². The second kappa shape index (κ2) is 4.18. The molecule has 0 saturated carbocycles. The number of rotatable bonds is 1. The predicted octanol–water partition coefficient (Wildman–Crippen LogP) is 4.51. The van der Waals surface area contributed by atoms with Crippen molar-refractivity contribution in [3.63, 3.8) is 0 Å². The number of halogens is 3. The molecule has 1 aromatic carbocycles. The van der Waals surface area contributed by atoms with Crippen molar-refractivity contribution >= 4 is 40.4 Å². The van der Waals surface area contributed by atoms with E-state index >= 15 is 0 Å². The highest BCUT2D eigenvalue weighted by atomic mass is 35.5. The van der Waals surface area contributed by atoms with E-state index in [4.69, 9.17) is 34.8 Å². The Balaban J connectivity index is 3.06. The lowest BCUT2D eigenvalue weighted by molar-refractivity contribution is 1.57. The second-order valence-corrected chi connectivity index (χ2v) is 3.78. The molecule has 1 aromatic rings. The van der Waals surface area contributed by atoms with E-state index in [1.807, 2.05) is 19.1 Å². The first-order valence-corrected chi connectivity index (χ1v) is 4.52. The Hall–Kier alpha value is -0.170. The van der Waals surface area contributed by atoms with Crippen molar-refractivity contribution in [2.75, 3.05) is 0 Å². The quantitative estimate of drug-likeness (QED) is 0.655. The summed E-state index contributed by atoms with van der Waals surface area (Å²) >= 11 is 16.9. The third-order valence-electron chi connectivity index (χ3n) is 1.56. The van der Waals surface area contributed by atoms with Crippen molar-refractivity contribution in [1.29, 1.82) is 0 Å².